The smallest absolute Gasteiger partial charge is 0.328 e. The van der Waals surface area contributed by atoms with E-state index in [1.807, 2.05) is 0 Å². The van der Waals surface area contributed by atoms with Gasteiger partial charge in [-0.2, -0.15) is 0 Å². The van der Waals surface area contributed by atoms with Gasteiger partial charge in [0.25, 0.3) is 0 Å². The molecule has 30 heavy (non-hydrogen) atoms. The second-order valence-corrected chi connectivity index (χ2v) is 8.46. The Morgan fingerprint density at radius 2 is 1.73 bits per heavy atom. The summed E-state index contributed by atoms with van der Waals surface area (Å²) in [7, 11) is 0. The first-order chi connectivity index (χ1) is 14.4. The zero-order chi connectivity index (χ0) is 21.4. The summed E-state index contributed by atoms with van der Waals surface area (Å²) in [6, 6.07) is 11.1. The molecule has 2 atom stereocenters. The summed E-state index contributed by atoms with van der Waals surface area (Å²) in [6.45, 7) is 9.64. The highest BCUT2D eigenvalue weighted by atomic mass is 16.4. The zero-order valence-corrected chi connectivity index (χ0v) is 17.5. The van der Waals surface area contributed by atoms with Gasteiger partial charge in [-0.1, -0.05) is 18.2 Å². The Kier molecular flexibility index (Phi) is 5.66. The van der Waals surface area contributed by atoms with Gasteiger partial charge in [0.1, 0.15) is 0 Å². The SMILES string of the molecule is CC(C)N1CCN2CCc3c4n(c5ccccc35)CC[C@@H]1[C@H]42.O=C(O)/C=C/C(=O)O. The summed E-state index contributed by atoms with van der Waals surface area (Å²) in [6.07, 6.45) is 3.64. The number of fused-ring (bicyclic) bond motifs is 3. The highest BCUT2D eigenvalue weighted by molar-refractivity contribution is 5.89. The minimum atomic E-state index is -1.26. The summed E-state index contributed by atoms with van der Waals surface area (Å²) < 4.78 is 2.64. The number of benzene rings is 1. The van der Waals surface area contributed by atoms with E-state index in [-0.39, 0.29) is 0 Å². The van der Waals surface area contributed by atoms with Gasteiger partial charge in [0.2, 0.25) is 0 Å². The molecule has 1 saturated heterocycles. The molecule has 0 amide bonds. The Morgan fingerprint density at radius 1 is 1.03 bits per heavy atom. The third kappa shape index (κ3) is 3.63. The van der Waals surface area contributed by atoms with Crippen LogP contribution in [0.1, 0.15) is 37.6 Å². The maximum absolute atomic E-state index is 9.55. The van der Waals surface area contributed by atoms with E-state index >= 15 is 0 Å². The number of para-hydroxylation sites is 1. The van der Waals surface area contributed by atoms with Crippen LogP contribution in [0.4, 0.5) is 0 Å². The van der Waals surface area contributed by atoms with Crippen LogP contribution in [0.25, 0.3) is 10.9 Å². The van der Waals surface area contributed by atoms with Crippen LogP contribution >= 0.6 is 0 Å². The fraction of sp³-hybridized carbons (Fsp3) is 0.478. The molecule has 3 aliphatic heterocycles. The van der Waals surface area contributed by atoms with Gasteiger partial charge >= 0.3 is 11.9 Å². The van der Waals surface area contributed by atoms with E-state index in [0.29, 0.717) is 30.3 Å². The van der Waals surface area contributed by atoms with Gasteiger partial charge in [0.05, 0.1) is 6.04 Å². The first-order valence-electron chi connectivity index (χ1n) is 10.6. The predicted molar refractivity (Wildman–Crippen MR) is 115 cm³/mol. The number of aliphatic carboxylic acids is 2. The maximum Gasteiger partial charge on any atom is 0.328 e. The molecule has 1 aromatic heterocycles. The Balaban J connectivity index is 0.000000235. The third-order valence-corrected chi connectivity index (χ3v) is 6.56. The molecule has 3 aliphatic rings. The Labute approximate surface area is 176 Å². The predicted octanol–water partition coefficient (Wildman–Crippen LogP) is 2.75. The normalized spacial score (nSPS) is 23.3. The molecular weight excluding hydrogens is 382 g/mol. The number of nitrogens with zero attached hydrogens (tertiary/aromatic N) is 3. The second-order valence-electron chi connectivity index (χ2n) is 8.46. The molecule has 0 bridgehead atoms. The average molecular weight is 412 g/mol. The number of hydrogen-bond acceptors (Lipinski definition) is 4. The van der Waals surface area contributed by atoms with Crippen molar-refractivity contribution in [3.05, 3.63) is 47.7 Å². The van der Waals surface area contributed by atoms with Crippen molar-refractivity contribution in [2.24, 2.45) is 0 Å². The monoisotopic (exact) mass is 411 g/mol. The summed E-state index contributed by atoms with van der Waals surface area (Å²) in [5.41, 5.74) is 4.76. The Morgan fingerprint density at radius 3 is 2.40 bits per heavy atom. The Hall–Kier alpha value is -2.64. The molecule has 0 spiro atoms. The van der Waals surface area contributed by atoms with Gasteiger partial charge < -0.3 is 14.8 Å². The largest absolute Gasteiger partial charge is 0.478 e. The minimum Gasteiger partial charge on any atom is -0.478 e. The lowest BCUT2D eigenvalue weighted by molar-refractivity contribution is -0.134. The topological polar surface area (TPSA) is 86.0 Å². The van der Waals surface area contributed by atoms with Gasteiger partial charge in [-0.15, -0.1) is 0 Å². The number of carboxylic acid groups (broad SMARTS) is 2. The lowest BCUT2D eigenvalue weighted by Crippen LogP contribution is -2.60. The first-order valence-corrected chi connectivity index (χ1v) is 10.6. The van der Waals surface area contributed by atoms with Crippen molar-refractivity contribution in [3.63, 3.8) is 0 Å². The summed E-state index contributed by atoms with van der Waals surface area (Å²) >= 11 is 0. The number of piperazine rings is 1. The van der Waals surface area contributed by atoms with E-state index < -0.39 is 11.9 Å². The van der Waals surface area contributed by atoms with Crippen LogP contribution in [0.3, 0.4) is 0 Å². The minimum absolute atomic E-state index is 0.558. The van der Waals surface area contributed by atoms with Crippen molar-refractivity contribution >= 4 is 22.8 Å². The van der Waals surface area contributed by atoms with Crippen molar-refractivity contribution < 1.29 is 19.8 Å². The number of carbonyl (C=O) groups is 2. The number of hydrogen-bond donors (Lipinski definition) is 2. The van der Waals surface area contributed by atoms with E-state index in [0.717, 1.165) is 0 Å². The van der Waals surface area contributed by atoms with Gasteiger partial charge in [0, 0.05) is 67.0 Å². The summed E-state index contributed by atoms with van der Waals surface area (Å²) in [5, 5.41) is 17.1. The number of carboxylic acids is 2. The van der Waals surface area contributed by atoms with Crippen LogP contribution in [0.15, 0.2) is 36.4 Å². The fourth-order valence-electron chi connectivity index (χ4n) is 5.44. The molecule has 160 valence electrons. The highest BCUT2D eigenvalue weighted by Crippen LogP contribution is 2.45. The molecule has 7 nitrogen and oxygen atoms in total. The number of aromatic nitrogens is 1. The van der Waals surface area contributed by atoms with Crippen molar-refractivity contribution in [1.82, 2.24) is 14.4 Å². The van der Waals surface area contributed by atoms with Gasteiger partial charge in [-0.05, 0) is 38.3 Å². The van der Waals surface area contributed by atoms with E-state index in [2.05, 4.69) is 52.5 Å². The van der Waals surface area contributed by atoms with Gasteiger partial charge in [0.15, 0.2) is 0 Å². The maximum atomic E-state index is 9.55. The Bertz CT molecular complexity index is 945. The molecule has 1 aromatic carbocycles. The molecule has 2 aromatic rings. The van der Waals surface area contributed by atoms with Crippen LogP contribution in [0, 0.1) is 0 Å². The third-order valence-electron chi connectivity index (χ3n) is 6.56. The van der Waals surface area contributed by atoms with Crippen molar-refractivity contribution in [2.45, 2.75) is 51.4 Å². The zero-order valence-electron chi connectivity index (χ0n) is 17.5. The first kappa shape index (κ1) is 20.6. The second kappa shape index (κ2) is 8.24. The van der Waals surface area contributed by atoms with Crippen LogP contribution in [0.5, 0.6) is 0 Å². The number of aryl methyl sites for hydroxylation is 1. The standard InChI is InChI=1S/C19H25N3.C4H4O4/c1-13(2)21-12-11-20-9-7-15-14-5-3-4-6-16(14)22-10-8-17(21)19(20)18(15)22;5-3(6)1-2-4(7)8/h3-6,13,17,19H,7-12H2,1-2H3;1-2H,(H,5,6)(H,7,8)/b;2-1+/t17-,19-;/m1./s1. The molecule has 5 rings (SSSR count). The molecule has 0 radical (unpaired) electrons. The lowest BCUT2D eigenvalue weighted by atomic mass is 9.85. The summed E-state index contributed by atoms with van der Waals surface area (Å²) in [5.74, 6) is -2.51. The van der Waals surface area contributed by atoms with E-state index in [9.17, 15) is 9.59 Å². The molecule has 0 unspecified atom stereocenters. The van der Waals surface area contributed by atoms with Crippen LogP contribution in [0.2, 0.25) is 0 Å². The highest BCUT2D eigenvalue weighted by Gasteiger charge is 2.45. The molecule has 7 heteroatoms. The molecule has 0 saturated carbocycles. The van der Waals surface area contributed by atoms with Crippen LogP contribution in [-0.4, -0.2) is 68.2 Å². The van der Waals surface area contributed by atoms with E-state index in [1.54, 1.807) is 11.3 Å². The van der Waals surface area contributed by atoms with Crippen LogP contribution in [-0.2, 0) is 22.6 Å². The van der Waals surface area contributed by atoms with Crippen LogP contribution < -0.4 is 0 Å². The summed E-state index contributed by atoms with van der Waals surface area (Å²) in [4.78, 5) is 24.6. The average Bonchev–Trinajstić information content (AvgIpc) is 3.06. The van der Waals surface area contributed by atoms with Crippen molar-refractivity contribution in [3.8, 4) is 0 Å². The molecule has 0 aliphatic carbocycles. The molecule has 1 fully saturated rings. The molecule has 2 N–H and O–H groups in total. The van der Waals surface area contributed by atoms with Gasteiger partial charge in [-0.3, -0.25) is 9.80 Å². The van der Waals surface area contributed by atoms with Crippen molar-refractivity contribution in [2.75, 3.05) is 19.6 Å². The fourth-order valence-corrected chi connectivity index (χ4v) is 5.44. The molecule has 4 heterocycles. The number of rotatable bonds is 3. The van der Waals surface area contributed by atoms with Crippen molar-refractivity contribution in [1.29, 1.82) is 0 Å². The van der Waals surface area contributed by atoms with Gasteiger partial charge in [-0.25, -0.2) is 9.59 Å². The molecular formula is C23H29N3O4. The van der Waals surface area contributed by atoms with E-state index in [1.165, 1.54) is 49.9 Å². The quantitative estimate of drug-likeness (QED) is 0.756. The van der Waals surface area contributed by atoms with E-state index in [4.69, 9.17) is 10.2 Å². The lowest BCUT2D eigenvalue weighted by Gasteiger charge is -2.53.